The van der Waals surface area contributed by atoms with Crippen molar-refractivity contribution in [1.82, 2.24) is 5.32 Å². The maximum atomic E-state index is 12.3. The van der Waals surface area contributed by atoms with Crippen molar-refractivity contribution >= 4 is 17.7 Å². The summed E-state index contributed by atoms with van der Waals surface area (Å²) < 4.78 is 5.43. The lowest BCUT2D eigenvalue weighted by atomic mass is 10.0. The highest BCUT2D eigenvalue weighted by molar-refractivity contribution is 5.92. The molecular formula is C22H26N2O2. The van der Waals surface area contributed by atoms with E-state index >= 15 is 0 Å². The fourth-order valence-electron chi connectivity index (χ4n) is 3.14. The van der Waals surface area contributed by atoms with Gasteiger partial charge in [-0.15, -0.1) is 0 Å². The molecule has 0 aliphatic carbocycles. The van der Waals surface area contributed by atoms with Gasteiger partial charge >= 0.3 is 0 Å². The normalized spacial score (nSPS) is 15.8. The van der Waals surface area contributed by atoms with Gasteiger partial charge in [0.05, 0.1) is 19.3 Å². The Labute approximate surface area is 155 Å². The minimum Gasteiger partial charge on any atom is -0.378 e. The van der Waals surface area contributed by atoms with Gasteiger partial charge in [-0.1, -0.05) is 49.4 Å². The minimum atomic E-state index is -0.0718. The van der Waals surface area contributed by atoms with Crippen LogP contribution >= 0.6 is 0 Å². The number of anilines is 1. The van der Waals surface area contributed by atoms with E-state index in [-0.39, 0.29) is 11.9 Å². The monoisotopic (exact) mass is 350 g/mol. The van der Waals surface area contributed by atoms with E-state index in [4.69, 9.17) is 4.74 Å². The molecule has 1 heterocycles. The van der Waals surface area contributed by atoms with Crippen molar-refractivity contribution in [2.45, 2.75) is 19.4 Å². The minimum absolute atomic E-state index is 0.00362. The Morgan fingerprint density at radius 2 is 1.92 bits per heavy atom. The maximum Gasteiger partial charge on any atom is 0.244 e. The molecule has 1 atom stereocenters. The summed E-state index contributed by atoms with van der Waals surface area (Å²) in [5.41, 5.74) is 3.35. The molecule has 0 saturated carbocycles. The van der Waals surface area contributed by atoms with Gasteiger partial charge < -0.3 is 15.0 Å². The maximum absolute atomic E-state index is 12.3. The number of rotatable bonds is 6. The topological polar surface area (TPSA) is 41.6 Å². The molecule has 2 aromatic rings. The molecule has 1 unspecified atom stereocenters. The number of ether oxygens (including phenoxy) is 1. The molecule has 0 bridgehead atoms. The molecule has 2 aromatic carbocycles. The lowest BCUT2D eigenvalue weighted by molar-refractivity contribution is -0.117. The molecular weight excluding hydrogens is 324 g/mol. The molecule has 1 aliphatic heterocycles. The molecule has 1 aliphatic rings. The van der Waals surface area contributed by atoms with E-state index in [1.165, 1.54) is 5.69 Å². The van der Waals surface area contributed by atoms with Gasteiger partial charge in [-0.25, -0.2) is 0 Å². The number of morpholine rings is 1. The van der Waals surface area contributed by atoms with Crippen molar-refractivity contribution in [3.63, 3.8) is 0 Å². The summed E-state index contributed by atoms with van der Waals surface area (Å²) in [5.74, 6) is -0.0718. The molecule has 1 amide bonds. The fourth-order valence-corrected chi connectivity index (χ4v) is 3.14. The first-order valence-corrected chi connectivity index (χ1v) is 9.22. The van der Waals surface area contributed by atoms with Crippen LogP contribution in [0.1, 0.15) is 30.5 Å². The van der Waals surface area contributed by atoms with Crippen LogP contribution in [0, 0.1) is 0 Å². The molecule has 136 valence electrons. The van der Waals surface area contributed by atoms with Gasteiger partial charge in [0, 0.05) is 24.9 Å². The molecule has 3 rings (SSSR count). The third kappa shape index (κ3) is 4.96. The first-order valence-electron chi connectivity index (χ1n) is 9.22. The Morgan fingerprint density at radius 3 is 2.65 bits per heavy atom. The molecule has 1 fully saturated rings. The zero-order valence-corrected chi connectivity index (χ0v) is 15.2. The second kappa shape index (κ2) is 9.20. The average molecular weight is 350 g/mol. The number of benzene rings is 2. The number of hydrogen-bond acceptors (Lipinski definition) is 3. The summed E-state index contributed by atoms with van der Waals surface area (Å²) in [6, 6.07) is 18.3. The molecule has 1 N–H and O–H groups in total. The summed E-state index contributed by atoms with van der Waals surface area (Å²) in [5, 5.41) is 3.11. The molecule has 26 heavy (non-hydrogen) atoms. The summed E-state index contributed by atoms with van der Waals surface area (Å²) in [6.45, 7) is 5.44. The van der Waals surface area contributed by atoms with Gasteiger partial charge in [-0.05, 0) is 35.8 Å². The van der Waals surface area contributed by atoms with Crippen LogP contribution in [-0.4, -0.2) is 32.2 Å². The van der Waals surface area contributed by atoms with Crippen molar-refractivity contribution in [1.29, 1.82) is 0 Å². The highest BCUT2D eigenvalue weighted by Crippen LogP contribution is 2.23. The van der Waals surface area contributed by atoms with E-state index in [9.17, 15) is 4.79 Å². The summed E-state index contributed by atoms with van der Waals surface area (Å²) in [6.07, 6.45) is 4.29. The van der Waals surface area contributed by atoms with E-state index < -0.39 is 0 Å². The van der Waals surface area contributed by atoms with Crippen LogP contribution in [0.3, 0.4) is 0 Å². The Balaban J connectivity index is 1.66. The van der Waals surface area contributed by atoms with Crippen molar-refractivity contribution in [2.24, 2.45) is 0 Å². The molecule has 4 heteroatoms. The second-order valence-corrected chi connectivity index (χ2v) is 6.41. The van der Waals surface area contributed by atoms with Crippen molar-refractivity contribution in [2.75, 3.05) is 31.2 Å². The van der Waals surface area contributed by atoms with Crippen molar-refractivity contribution in [3.8, 4) is 0 Å². The second-order valence-electron chi connectivity index (χ2n) is 6.41. The van der Waals surface area contributed by atoms with Gasteiger partial charge in [-0.2, -0.15) is 0 Å². The van der Waals surface area contributed by atoms with Crippen LogP contribution in [0.15, 0.2) is 60.7 Å². The van der Waals surface area contributed by atoms with Crippen LogP contribution in [0.25, 0.3) is 6.08 Å². The van der Waals surface area contributed by atoms with Crippen molar-refractivity contribution in [3.05, 3.63) is 71.8 Å². The zero-order chi connectivity index (χ0) is 18.2. The molecule has 1 saturated heterocycles. The van der Waals surface area contributed by atoms with Crippen LogP contribution in [0.5, 0.6) is 0 Å². The molecule has 0 aromatic heterocycles. The summed E-state index contributed by atoms with van der Waals surface area (Å²) in [4.78, 5) is 14.7. The van der Waals surface area contributed by atoms with Crippen molar-refractivity contribution < 1.29 is 9.53 Å². The predicted octanol–water partition coefficient (Wildman–Crippen LogP) is 3.80. The summed E-state index contributed by atoms with van der Waals surface area (Å²) in [7, 11) is 0. The lowest BCUT2D eigenvalue weighted by Gasteiger charge is -2.29. The Morgan fingerprint density at radius 1 is 1.15 bits per heavy atom. The largest absolute Gasteiger partial charge is 0.378 e. The molecule has 0 radical (unpaired) electrons. The van der Waals surface area contributed by atoms with E-state index in [1.54, 1.807) is 6.08 Å². The van der Waals surface area contributed by atoms with Crippen LogP contribution in [0.2, 0.25) is 0 Å². The number of carbonyl (C=O) groups is 1. The van der Waals surface area contributed by atoms with E-state index in [2.05, 4.69) is 41.4 Å². The highest BCUT2D eigenvalue weighted by atomic mass is 16.5. The number of nitrogens with one attached hydrogen (secondary N) is 1. The Hall–Kier alpha value is -2.59. The van der Waals surface area contributed by atoms with Gasteiger partial charge in [-0.3, -0.25) is 4.79 Å². The third-order valence-corrected chi connectivity index (χ3v) is 4.60. The standard InChI is InChI=1S/C22H26N2O2/c1-2-21(23-22(25)12-11-18-7-4-3-5-8-18)19-9-6-10-20(17-19)24-13-15-26-16-14-24/h3-12,17,21H,2,13-16H2,1H3,(H,23,25)/b12-11-. The Kier molecular flexibility index (Phi) is 6.45. The third-order valence-electron chi connectivity index (χ3n) is 4.60. The quantitative estimate of drug-likeness (QED) is 0.806. The number of hydrogen-bond donors (Lipinski definition) is 1. The van der Waals surface area contributed by atoms with Crippen LogP contribution < -0.4 is 10.2 Å². The van der Waals surface area contributed by atoms with Crippen LogP contribution in [-0.2, 0) is 9.53 Å². The van der Waals surface area contributed by atoms with Crippen LogP contribution in [0.4, 0.5) is 5.69 Å². The lowest BCUT2D eigenvalue weighted by Crippen LogP contribution is -2.36. The summed E-state index contributed by atoms with van der Waals surface area (Å²) >= 11 is 0. The molecule has 4 nitrogen and oxygen atoms in total. The van der Waals surface area contributed by atoms with Gasteiger partial charge in [0.15, 0.2) is 0 Å². The first kappa shape index (κ1) is 18.2. The molecule has 0 spiro atoms. The number of carbonyl (C=O) groups excluding carboxylic acids is 1. The van der Waals surface area contributed by atoms with Gasteiger partial charge in [0.2, 0.25) is 5.91 Å². The first-order chi connectivity index (χ1) is 12.8. The number of nitrogens with zero attached hydrogens (tertiary/aromatic N) is 1. The highest BCUT2D eigenvalue weighted by Gasteiger charge is 2.15. The smallest absolute Gasteiger partial charge is 0.244 e. The SMILES string of the molecule is CCC(NC(=O)/C=C\c1ccccc1)c1cccc(N2CCOCC2)c1. The van der Waals surface area contributed by atoms with Gasteiger partial charge in [0.25, 0.3) is 0 Å². The average Bonchev–Trinajstić information content (AvgIpc) is 2.72. The zero-order valence-electron chi connectivity index (χ0n) is 15.2. The van der Waals surface area contributed by atoms with E-state index in [0.717, 1.165) is 43.9 Å². The fraction of sp³-hybridized carbons (Fsp3) is 0.318. The van der Waals surface area contributed by atoms with Gasteiger partial charge in [0.1, 0.15) is 0 Å². The predicted molar refractivity (Wildman–Crippen MR) is 106 cm³/mol. The number of amides is 1. The van der Waals surface area contributed by atoms with E-state index in [0.29, 0.717) is 0 Å². The van der Waals surface area contributed by atoms with E-state index in [1.807, 2.05) is 36.4 Å². The Bertz CT molecular complexity index is 737.